The first-order valence-corrected chi connectivity index (χ1v) is 7.15. The second-order valence-corrected chi connectivity index (χ2v) is 5.56. The number of aliphatic hydroxyl groups excluding tert-OH is 1. The molecule has 0 unspecified atom stereocenters. The van der Waals surface area contributed by atoms with Crippen molar-refractivity contribution in [2.75, 3.05) is 0 Å². The third kappa shape index (κ3) is 3.71. The maximum Gasteiger partial charge on any atom is 0.125 e. The van der Waals surface area contributed by atoms with Crippen LogP contribution in [0.5, 0.6) is 5.75 Å². The fourth-order valence-electron chi connectivity index (χ4n) is 2.33. The lowest BCUT2D eigenvalue weighted by Crippen LogP contribution is -2.16. The van der Waals surface area contributed by atoms with Gasteiger partial charge in [-0.15, -0.1) is 0 Å². The molecule has 3 heteroatoms. The molecule has 1 fully saturated rings. The lowest BCUT2D eigenvalue weighted by molar-refractivity contribution is 0.176. The first-order valence-electron chi connectivity index (χ1n) is 6.35. The molecule has 2 rings (SSSR count). The van der Waals surface area contributed by atoms with Crippen LogP contribution in [-0.4, -0.2) is 11.2 Å². The van der Waals surface area contributed by atoms with E-state index in [0.717, 1.165) is 28.6 Å². The average Bonchev–Trinajstić information content (AvgIpc) is 2.60. The fourth-order valence-corrected chi connectivity index (χ4v) is 2.73. The van der Waals surface area contributed by atoms with E-state index in [-0.39, 0.29) is 6.61 Å². The van der Waals surface area contributed by atoms with Crippen molar-refractivity contribution in [2.45, 2.75) is 51.2 Å². The van der Waals surface area contributed by atoms with Crippen LogP contribution in [-0.2, 0) is 6.61 Å². The summed E-state index contributed by atoms with van der Waals surface area (Å²) in [6.45, 7) is 0.0293. The summed E-state index contributed by atoms with van der Waals surface area (Å²) in [5.74, 6) is 0.836. The van der Waals surface area contributed by atoms with Gasteiger partial charge in [-0.3, -0.25) is 0 Å². The number of ether oxygens (including phenoxy) is 1. The molecule has 1 N–H and O–H groups in total. The highest BCUT2D eigenvalue weighted by Crippen LogP contribution is 2.27. The van der Waals surface area contributed by atoms with Crippen molar-refractivity contribution in [1.29, 1.82) is 0 Å². The third-order valence-corrected chi connectivity index (χ3v) is 3.78. The number of aliphatic hydroxyl groups is 1. The predicted octanol–water partition coefficient (Wildman–Crippen LogP) is 4.04. The van der Waals surface area contributed by atoms with E-state index in [1.165, 1.54) is 25.7 Å². The van der Waals surface area contributed by atoms with E-state index >= 15 is 0 Å². The van der Waals surface area contributed by atoms with Crippen LogP contribution in [0.2, 0.25) is 0 Å². The maximum absolute atomic E-state index is 9.33. The number of halogens is 1. The van der Waals surface area contributed by atoms with Gasteiger partial charge < -0.3 is 9.84 Å². The van der Waals surface area contributed by atoms with Crippen molar-refractivity contribution >= 4 is 15.9 Å². The van der Waals surface area contributed by atoms with Gasteiger partial charge in [0.2, 0.25) is 0 Å². The van der Waals surface area contributed by atoms with Crippen LogP contribution in [0.4, 0.5) is 0 Å². The van der Waals surface area contributed by atoms with E-state index in [0.29, 0.717) is 6.10 Å². The summed E-state index contributed by atoms with van der Waals surface area (Å²) >= 11 is 3.41. The highest BCUT2D eigenvalue weighted by molar-refractivity contribution is 9.10. The van der Waals surface area contributed by atoms with Crippen LogP contribution in [0.3, 0.4) is 0 Å². The SMILES string of the molecule is OCc1cc(Br)ccc1OC1CCCCCC1. The van der Waals surface area contributed by atoms with Crippen molar-refractivity contribution < 1.29 is 9.84 Å². The van der Waals surface area contributed by atoms with Crippen LogP contribution in [0.1, 0.15) is 44.1 Å². The van der Waals surface area contributed by atoms with Gasteiger partial charge in [0.05, 0.1) is 12.7 Å². The second-order valence-electron chi connectivity index (χ2n) is 4.64. The first-order chi connectivity index (χ1) is 8.29. The van der Waals surface area contributed by atoms with Crippen molar-refractivity contribution in [3.63, 3.8) is 0 Å². The van der Waals surface area contributed by atoms with Crippen molar-refractivity contribution in [2.24, 2.45) is 0 Å². The summed E-state index contributed by atoms with van der Waals surface area (Å²) < 4.78 is 7.01. The molecule has 94 valence electrons. The summed E-state index contributed by atoms with van der Waals surface area (Å²) in [4.78, 5) is 0. The van der Waals surface area contributed by atoms with Crippen molar-refractivity contribution in [1.82, 2.24) is 0 Å². The minimum atomic E-state index is 0.0293. The van der Waals surface area contributed by atoms with Gasteiger partial charge in [-0.25, -0.2) is 0 Å². The topological polar surface area (TPSA) is 29.5 Å². The summed E-state index contributed by atoms with van der Waals surface area (Å²) in [5.41, 5.74) is 0.864. The zero-order valence-corrected chi connectivity index (χ0v) is 11.6. The molecule has 1 aromatic rings. The molecule has 2 nitrogen and oxygen atoms in total. The first kappa shape index (κ1) is 12.9. The lowest BCUT2D eigenvalue weighted by atomic mass is 10.1. The van der Waals surface area contributed by atoms with E-state index in [1.54, 1.807) is 0 Å². The van der Waals surface area contributed by atoms with E-state index in [9.17, 15) is 5.11 Å². The Morgan fingerprint density at radius 3 is 2.53 bits per heavy atom. The van der Waals surface area contributed by atoms with E-state index in [2.05, 4.69) is 15.9 Å². The van der Waals surface area contributed by atoms with Gasteiger partial charge >= 0.3 is 0 Å². The fraction of sp³-hybridized carbons (Fsp3) is 0.571. The molecule has 0 spiro atoms. The minimum absolute atomic E-state index is 0.0293. The highest BCUT2D eigenvalue weighted by atomic mass is 79.9. The summed E-state index contributed by atoms with van der Waals surface area (Å²) in [5, 5.41) is 9.33. The summed E-state index contributed by atoms with van der Waals surface area (Å²) in [6.07, 6.45) is 7.77. The van der Waals surface area contributed by atoms with Gasteiger partial charge in [-0.1, -0.05) is 28.8 Å². The van der Waals surface area contributed by atoms with Gasteiger partial charge in [-0.2, -0.15) is 0 Å². The lowest BCUT2D eigenvalue weighted by Gasteiger charge is -2.19. The average molecular weight is 299 g/mol. The molecule has 1 saturated carbocycles. The van der Waals surface area contributed by atoms with Gasteiger partial charge in [0.15, 0.2) is 0 Å². The van der Waals surface area contributed by atoms with Crippen molar-refractivity contribution in [3.8, 4) is 5.75 Å². The van der Waals surface area contributed by atoms with Crippen LogP contribution in [0.25, 0.3) is 0 Å². The molecule has 0 aliphatic heterocycles. The van der Waals surface area contributed by atoms with Gasteiger partial charge in [0, 0.05) is 10.0 Å². The third-order valence-electron chi connectivity index (χ3n) is 3.29. The normalized spacial score (nSPS) is 17.8. The molecule has 0 amide bonds. The summed E-state index contributed by atoms with van der Waals surface area (Å²) in [7, 11) is 0. The molecule has 1 aromatic carbocycles. The Labute approximate surface area is 111 Å². The zero-order valence-electron chi connectivity index (χ0n) is 9.99. The molecule has 0 radical (unpaired) electrons. The Morgan fingerprint density at radius 1 is 1.18 bits per heavy atom. The number of hydrogen-bond acceptors (Lipinski definition) is 2. The monoisotopic (exact) mass is 298 g/mol. The Kier molecular flexibility index (Phi) is 4.86. The zero-order chi connectivity index (χ0) is 12.1. The Morgan fingerprint density at radius 2 is 1.88 bits per heavy atom. The quantitative estimate of drug-likeness (QED) is 0.853. The van der Waals surface area contributed by atoms with E-state index in [1.807, 2.05) is 18.2 Å². The molecular weight excluding hydrogens is 280 g/mol. The Balaban J connectivity index is 2.06. The molecule has 1 aliphatic carbocycles. The van der Waals surface area contributed by atoms with Crippen LogP contribution in [0, 0.1) is 0 Å². The molecule has 0 saturated heterocycles. The molecule has 0 bridgehead atoms. The van der Waals surface area contributed by atoms with Gasteiger partial charge in [-0.05, 0) is 43.9 Å². The standard InChI is InChI=1S/C14H19BrO2/c15-12-7-8-14(11(9-12)10-16)17-13-5-3-1-2-4-6-13/h7-9,13,16H,1-6,10H2. The Hall–Kier alpha value is -0.540. The van der Waals surface area contributed by atoms with E-state index < -0.39 is 0 Å². The van der Waals surface area contributed by atoms with Crippen LogP contribution >= 0.6 is 15.9 Å². The van der Waals surface area contributed by atoms with Crippen molar-refractivity contribution in [3.05, 3.63) is 28.2 Å². The molecule has 0 atom stereocenters. The minimum Gasteiger partial charge on any atom is -0.490 e. The largest absolute Gasteiger partial charge is 0.490 e. The number of hydrogen-bond donors (Lipinski definition) is 1. The van der Waals surface area contributed by atoms with E-state index in [4.69, 9.17) is 4.74 Å². The molecule has 1 aliphatic rings. The second kappa shape index (κ2) is 6.41. The Bertz CT molecular complexity index is 357. The molecule has 0 aromatic heterocycles. The smallest absolute Gasteiger partial charge is 0.125 e. The molecule has 0 heterocycles. The van der Waals surface area contributed by atoms with Gasteiger partial charge in [0.1, 0.15) is 5.75 Å². The predicted molar refractivity (Wildman–Crippen MR) is 72.2 cm³/mol. The highest BCUT2D eigenvalue weighted by Gasteiger charge is 2.15. The number of rotatable bonds is 3. The van der Waals surface area contributed by atoms with Gasteiger partial charge in [0.25, 0.3) is 0 Å². The summed E-state index contributed by atoms with van der Waals surface area (Å²) in [6, 6.07) is 5.83. The molecular formula is C14H19BrO2. The van der Waals surface area contributed by atoms with Crippen LogP contribution in [0.15, 0.2) is 22.7 Å². The molecule has 17 heavy (non-hydrogen) atoms. The maximum atomic E-state index is 9.33. The number of benzene rings is 1. The van der Waals surface area contributed by atoms with Crippen LogP contribution < -0.4 is 4.74 Å².